The highest BCUT2D eigenvalue weighted by Gasteiger charge is 2.36. The molecule has 0 saturated carbocycles. The smallest absolute Gasteiger partial charge is 0.337 e. The number of hydrogen-bond acceptors (Lipinski definition) is 7. The Morgan fingerprint density at radius 1 is 1.10 bits per heavy atom. The molecule has 0 unspecified atom stereocenters. The molecule has 0 spiro atoms. The first-order valence-corrected chi connectivity index (χ1v) is 14.2. The highest BCUT2D eigenvalue weighted by atomic mass is 19.1. The highest BCUT2D eigenvalue weighted by molar-refractivity contribution is 5.85. The predicted molar refractivity (Wildman–Crippen MR) is 157 cm³/mol. The van der Waals surface area contributed by atoms with Crippen LogP contribution in [-0.4, -0.2) is 51.3 Å². The van der Waals surface area contributed by atoms with Crippen LogP contribution in [0.4, 0.5) is 10.1 Å². The summed E-state index contributed by atoms with van der Waals surface area (Å²) in [6.07, 6.45) is 6.96. The van der Waals surface area contributed by atoms with Gasteiger partial charge in [-0.05, 0) is 63.1 Å². The summed E-state index contributed by atoms with van der Waals surface area (Å²) in [5.41, 5.74) is 3.76. The predicted octanol–water partition coefficient (Wildman–Crippen LogP) is 6.56. The van der Waals surface area contributed by atoms with Crippen molar-refractivity contribution in [3.05, 3.63) is 65.5 Å². The SMILES string of the molecule is CCC(C)(C)O[C@H](C(=O)O)c1c(C)ncc(-c2cnc(OCCc3ccc(F)cc3)cn2)c1N1CCC(C)(C)CC1. The summed E-state index contributed by atoms with van der Waals surface area (Å²) in [7, 11) is 0. The maximum atomic E-state index is 13.2. The molecule has 1 N–H and O–H groups in total. The molecule has 0 amide bonds. The van der Waals surface area contributed by atoms with Crippen molar-refractivity contribution >= 4 is 11.7 Å². The molecule has 3 heterocycles. The minimum Gasteiger partial charge on any atom is -0.479 e. The van der Waals surface area contributed by atoms with Gasteiger partial charge in [0.25, 0.3) is 0 Å². The van der Waals surface area contributed by atoms with Gasteiger partial charge in [0.05, 0.1) is 36.0 Å². The number of pyridine rings is 1. The number of aromatic nitrogens is 3. The molecule has 0 aliphatic carbocycles. The van der Waals surface area contributed by atoms with Crippen LogP contribution >= 0.6 is 0 Å². The highest BCUT2D eigenvalue weighted by Crippen LogP contribution is 2.43. The second-order valence-corrected chi connectivity index (χ2v) is 12.1. The monoisotopic (exact) mass is 564 g/mol. The van der Waals surface area contributed by atoms with Crippen LogP contribution in [0.5, 0.6) is 5.88 Å². The molecule has 1 atom stereocenters. The average molecular weight is 565 g/mol. The third kappa shape index (κ3) is 7.58. The summed E-state index contributed by atoms with van der Waals surface area (Å²) in [5, 5.41) is 10.4. The molecule has 220 valence electrons. The van der Waals surface area contributed by atoms with Crippen molar-refractivity contribution in [2.24, 2.45) is 5.41 Å². The molecular formula is C32H41FN4O4. The van der Waals surface area contributed by atoms with Crippen molar-refractivity contribution in [3.63, 3.8) is 0 Å². The third-order valence-corrected chi connectivity index (χ3v) is 7.95. The van der Waals surface area contributed by atoms with Crippen LogP contribution in [0, 0.1) is 18.2 Å². The summed E-state index contributed by atoms with van der Waals surface area (Å²) in [4.78, 5) is 28.6. The van der Waals surface area contributed by atoms with E-state index in [1.165, 1.54) is 12.1 Å². The molecule has 4 rings (SSSR count). The summed E-state index contributed by atoms with van der Waals surface area (Å²) >= 11 is 0. The zero-order valence-electron chi connectivity index (χ0n) is 24.9. The third-order valence-electron chi connectivity index (χ3n) is 7.95. The van der Waals surface area contributed by atoms with E-state index in [1.807, 2.05) is 27.7 Å². The van der Waals surface area contributed by atoms with Crippen molar-refractivity contribution in [2.45, 2.75) is 78.9 Å². The van der Waals surface area contributed by atoms with Crippen LogP contribution in [0.25, 0.3) is 11.3 Å². The largest absolute Gasteiger partial charge is 0.479 e. The van der Waals surface area contributed by atoms with Crippen molar-refractivity contribution in [2.75, 3.05) is 24.6 Å². The number of hydrogen-bond donors (Lipinski definition) is 1. The quantitative estimate of drug-likeness (QED) is 0.279. The summed E-state index contributed by atoms with van der Waals surface area (Å²) < 4.78 is 25.2. The topological polar surface area (TPSA) is 97.7 Å². The van der Waals surface area contributed by atoms with Crippen LogP contribution < -0.4 is 9.64 Å². The second-order valence-electron chi connectivity index (χ2n) is 12.1. The molecular weight excluding hydrogens is 523 g/mol. The second kappa shape index (κ2) is 12.5. The normalized spacial score (nSPS) is 15.9. The standard InChI is InChI=1S/C32H41FN4O4/c1-7-32(5,6)41-29(30(38)39)27-21(2)34-18-24(28(27)37-15-13-31(3,4)14-16-37)25-19-36-26(20-35-25)40-17-12-22-8-10-23(33)11-9-22/h8-11,18-20,29H,7,12-17H2,1-6H3,(H,38,39)/t29-/m0/s1. The Morgan fingerprint density at radius 3 is 2.37 bits per heavy atom. The van der Waals surface area contributed by atoms with E-state index in [9.17, 15) is 14.3 Å². The number of aryl methyl sites for hydroxylation is 1. The first-order chi connectivity index (χ1) is 19.4. The van der Waals surface area contributed by atoms with Crippen LogP contribution in [0.2, 0.25) is 0 Å². The number of halogens is 1. The lowest BCUT2D eigenvalue weighted by atomic mass is 9.82. The van der Waals surface area contributed by atoms with Crippen molar-refractivity contribution in [1.29, 1.82) is 0 Å². The number of aliphatic carboxylic acids is 1. The first-order valence-electron chi connectivity index (χ1n) is 14.2. The van der Waals surface area contributed by atoms with Gasteiger partial charge in [-0.3, -0.25) is 4.98 Å². The van der Waals surface area contributed by atoms with Gasteiger partial charge >= 0.3 is 5.97 Å². The molecule has 1 aliphatic heterocycles. The maximum Gasteiger partial charge on any atom is 0.337 e. The molecule has 2 aromatic heterocycles. The molecule has 1 fully saturated rings. The Kier molecular flexibility index (Phi) is 9.27. The molecule has 3 aromatic rings. The first kappa shape index (κ1) is 30.4. The van der Waals surface area contributed by atoms with E-state index in [0.717, 1.165) is 37.2 Å². The Labute approximate surface area is 242 Å². The van der Waals surface area contributed by atoms with Gasteiger partial charge in [-0.1, -0.05) is 32.9 Å². The van der Waals surface area contributed by atoms with Gasteiger partial charge in [0.1, 0.15) is 5.82 Å². The van der Waals surface area contributed by atoms with Crippen LogP contribution in [-0.2, 0) is 16.0 Å². The number of anilines is 1. The van der Waals surface area contributed by atoms with Crippen molar-refractivity contribution in [3.8, 4) is 17.1 Å². The number of ether oxygens (including phenoxy) is 2. The molecule has 1 aromatic carbocycles. The Morgan fingerprint density at radius 2 is 1.78 bits per heavy atom. The van der Waals surface area contributed by atoms with E-state index < -0.39 is 17.7 Å². The molecule has 9 heteroatoms. The van der Waals surface area contributed by atoms with Gasteiger partial charge in [-0.25, -0.2) is 19.2 Å². The van der Waals surface area contributed by atoms with Crippen molar-refractivity contribution in [1.82, 2.24) is 15.0 Å². The Bertz CT molecular complexity index is 1330. The van der Waals surface area contributed by atoms with E-state index in [1.54, 1.807) is 30.7 Å². The Hall–Kier alpha value is -3.59. The summed E-state index contributed by atoms with van der Waals surface area (Å²) in [6, 6.07) is 6.32. The number of benzene rings is 1. The minimum atomic E-state index is -1.19. The van der Waals surface area contributed by atoms with Gasteiger partial charge in [0.15, 0.2) is 6.10 Å². The van der Waals surface area contributed by atoms with E-state index >= 15 is 0 Å². The van der Waals surface area contributed by atoms with Gasteiger partial charge in [-0.15, -0.1) is 0 Å². The number of nitrogens with zero attached hydrogens (tertiary/aromatic N) is 4. The molecule has 1 aliphatic rings. The fourth-order valence-corrected chi connectivity index (χ4v) is 4.88. The van der Waals surface area contributed by atoms with Crippen LogP contribution in [0.15, 0.2) is 42.9 Å². The number of rotatable bonds is 11. The van der Waals surface area contributed by atoms with E-state index in [-0.39, 0.29) is 11.2 Å². The minimum absolute atomic E-state index is 0.207. The number of carboxylic acids is 1. The van der Waals surface area contributed by atoms with Gasteiger partial charge in [0.2, 0.25) is 5.88 Å². The molecule has 1 saturated heterocycles. The summed E-state index contributed by atoms with van der Waals surface area (Å²) in [5.74, 6) is -0.954. The average Bonchev–Trinajstić information content (AvgIpc) is 2.93. The van der Waals surface area contributed by atoms with Crippen molar-refractivity contribution < 1.29 is 23.8 Å². The number of piperidine rings is 1. The molecule has 41 heavy (non-hydrogen) atoms. The van der Waals surface area contributed by atoms with E-state index in [2.05, 4.69) is 33.7 Å². The van der Waals surface area contributed by atoms with Gasteiger partial charge in [-0.2, -0.15) is 0 Å². The number of carboxylic acid groups (broad SMARTS) is 1. The van der Waals surface area contributed by atoms with Gasteiger partial charge < -0.3 is 19.5 Å². The maximum absolute atomic E-state index is 13.2. The Balaban J connectivity index is 1.68. The van der Waals surface area contributed by atoms with E-state index in [0.29, 0.717) is 47.8 Å². The fourth-order valence-electron chi connectivity index (χ4n) is 4.88. The zero-order valence-corrected chi connectivity index (χ0v) is 24.9. The lowest BCUT2D eigenvalue weighted by Crippen LogP contribution is -2.39. The van der Waals surface area contributed by atoms with Gasteiger partial charge in [0, 0.05) is 42.5 Å². The lowest BCUT2D eigenvalue weighted by molar-refractivity contribution is -0.162. The molecule has 0 bridgehead atoms. The van der Waals surface area contributed by atoms with E-state index in [4.69, 9.17) is 9.47 Å². The number of carbonyl (C=O) groups is 1. The molecule has 0 radical (unpaired) electrons. The summed E-state index contributed by atoms with van der Waals surface area (Å²) in [6.45, 7) is 14.1. The van der Waals surface area contributed by atoms with Crippen LogP contribution in [0.3, 0.4) is 0 Å². The molecule has 8 nitrogen and oxygen atoms in total. The van der Waals surface area contributed by atoms with Crippen LogP contribution in [0.1, 0.15) is 76.8 Å². The fraction of sp³-hybridized carbons (Fsp3) is 0.500. The zero-order chi connectivity index (χ0) is 29.8. The lowest BCUT2D eigenvalue weighted by Gasteiger charge is -2.40.